The summed E-state index contributed by atoms with van der Waals surface area (Å²) in [5.74, 6) is 1.45. The van der Waals surface area contributed by atoms with Crippen LogP contribution in [-0.2, 0) is 4.79 Å². The van der Waals surface area contributed by atoms with Crippen LogP contribution < -0.4 is 9.47 Å². The molecule has 2 aromatic rings. The summed E-state index contributed by atoms with van der Waals surface area (Å²) in [6.45, 7) is 1.60. The number of hydrogen-bond acceptors (Lipinski definition) is 5. The first-order valence-electron chi connectivity index (χ1n) is 7.52. The highest BCUT2D eigenvalue weighted by Crippen LogP contribution is 2.32. The normalized spacial score (nSPS) is 19.7. The Bertz CT molecular complexity index is 742. The molecule has 7 heteroatoms. The summed E-state index contributed by atoms with van der Waals surface area (Å²) in [6.07, 6.45) is 7.58. The first-order chi connectivity index (χ1) is 11.3. The van der Waals surface area contributed by atoms with Crippen LogP contribution in [0.5, 0.6) is 11.5 Å². The van der Waals surface area contributed by atoms with Gasteiger partial charge < -0.3 is 14.4 Å². The average Bonchev–Trinajstić information content (AvgIpc) is 3.32. The molecule has 0 radical (unpaired) electrons. The molecule has 1 atom stereocenters. The number of amides is 1. The van der Waals surface area contributed by atoms with Crippen LogP contribution >= 0.6 is 0 Å². The molecule has 1 saturated heterocycles. The number of hydrogen-bond donors (Lipinski definition) is 0. The Labute approximate surface area is 133 Å². The van der Waals surface area contributed by atoms with Gasteiger partial charge in [0, 0.05) is 19.2 Å². The Balaban J connectivity index is 1.40. The number of carbonyl (C=O) groups excluding carboxylic acids is 1. The highest BCUT2D eigenvalue weighted by Gasteiger charge is 2.27. The molecule has 118 valence electrons. The van der Waals surface area contributed by atoms with Gasteiger partial charge in [-0.3, -0.25) is 4.79 Å². The molecule has 1 aromatic heterocycles. The third-order valence-corrected chi connectivity index (χ3v) is 4.05. The smallest absolute Gasteiger partial charge is 0.246 e. The Hall–Kier alpha value is -2.83. The quantitative estimate of drug-likeness (QED) is 0.803. The van der Waals surface area contributed by atoms with Crippen LogP contribution in [-0.4, -0.2) is 45.7 Å². The van der Waals surface area contributed by atoms with Gasteiger partial charge in [-0.2, -0.15) is 15.0 Å². The second kappa shape index (κ2) is 5.75. The average molecular weight is 312 g/mol. The molecule has 4 rings (SSSR count). The van der Waals surface area contributed by atoms with Crippen molar-refractivity contribution in [3.8, 4) is 11.5 Å². The van der Waals surface area contributed by atoms with E-state index in [1.807, 2.05) is 23.1 Å². The minimum absolute atomic E-state index is 0.00248. The first kappa shape index (κ1) is 13.8. The Morgan fingerprint density at radius 1 is 1.22 bits per heavy atom. The molecule has 2 aliphatic heterocycles. The van der Waals surface area contributed by atoms with Crippen molar-refractivity contribution in [2.24, 2.45) is 0 Å². The van der Waals surface area contributed by atoms with Crippen molar-refractivity contribution in [3.05, 3.63) is 42.2 Å². The molecule has 1 aromatic carbocycles. The fourth-order valence-electron chi connectivity index (χ4n) is 2.83. The van der Waals surface area contributed by atoms with Gasteiger partial charge >= 0.3 is 0 Å². The molecule has 1 unspecified atom stereocenters. The van der Waals surface area contributed by atoms with Gasteiger partial charge in [0.2, 0.25) is 12.7 Å². The lowest BCUT2D eigenvalue weighted by Crippen LogP contribution is -2.27. The zero-order chi connectivity index (χ0) is 15.6. The van der Waals surface area contributed by atoms with Crippen molar-refractivity contribution in [3.63, 3.8) is 0 Å². The fourth-order valence-corrected chi connectivity index (χ4v) is 2.83. The van der Waals surface area contributed by atoms with E-state index in [0.29, 0.717) is 12.3 Å². The van der Waals surface area contributed by atoms with Crippen LogP contribution in [0, 0.1) is 0 Å². The van der Waals surface area contributed by atoms with E-state index in [2.05, 4.69) is 10.2 Å². The van der Waals surface area contributed by atoms with Crippen molar-refractivity contribution in [1.82, 2.24) is 19.9 Å². The molecular formula is C16H16N4O3. The van der Waals surface area contributed by atoms with Gasteiger partial charge in [0.25, 0.3) is 0 Å². The van der Waals surface area contributed by atoms with Crippen molar-refractivity contribution in [1.29, 1.82) is 0 Å². The number of benzene rings is 1. The number of ether oxygens (including phenoxy) is 2. The molecule has 0 saturated carbocycles. The van der Waals surface area contributed by atoms with Gasteiger partial charge in [0.15, 0.2) is 11.5 Å². The summed E-state index contributed by atoms with van der Waals surface area (Å²) in [5, 5.41) is 8.29. The number of rotatable bonds is 3. The van der Waals surface area contributed by atoms with Crippen LogP contribution in [0.15, 0.2) is 36.7 Å². The topological polar surface area (TPSA) is 69.5 Å². The van der Waals surface area contributed by atoms with Gasteiger partial charge in [-0.15, -0.1) is 0 Å². The Morgan fingerprint density at radius 3 is 2.91 bits per heavy atom. The summed E-state index contributed by atoms with van der Waals surface area (Å²) >= 11 is 0. The van der Waals surface area contributed by atoms with Gasteiger partial charge in [0.05, 0.1) is 18.4 Å². The van der Waals surface area contributed by atoms with E-state index >= 15 is 0 Å². The first-order valence-corrected chi connectivity index (χ1v) is 7.52. The third-order valence-electron chi connectivity index (χ3n) is 4.05. The van der Waals surface area contributed by atoms with Crippen LogP contribution in [0.3, 0.4) is 0 Å². The second-order valence-corrected chi connectivity index (χ2v) is 5.52. The zero-order valence-electron chi connectivity index (χ0n) is 12.5. The van der Waals surface area contributed by atoms with Crippen molar-refractivity contribution in [2.75, 3.05) is 19.9 Å². The summed E-state index contributed by atoms with van der Waals surface area (Å²) in [7, 11) is 0. The number of likely N-dealkylation sites (tertiary alicyclic amines) is 1. The van der Waals surface area contributed by atoms with Crippen molar-refractivity contribution < 1.29 is 14.3 Å². The number of fused-ring (bicyclic) bond motifs is 1. The Kier molecular flexibility index (Phi) is 3.45. The zero-order valence-corrected chi connectivity index (χ0v) is 12.5. The molecule has 0 N–H and O–H groups in total. The van der Waals surface area contributed by atoms with E-state index in [-0.39, 0.29) is 18.7 Å². The van der Waals surface area contributed by atoms with Gasteiger partial charge in [-0.1, -0.05) is 6.07 Å². The molecule has 23 heavy (non-hydrogen) atoms. The number of aromatic nitrogens is 3. The van der Waals surface area contributed by atoms with E-state index in [1.54, 1.807) is 29.3 Å². The van der Waals surface area contributed by atoms with E-state index in [4.69, 9.17) is 9.47 Å². The molecule has 2 aliphatic rings. The van der Waals surface area contributed by atoms with Gasteiger partial charge in [-0.05, 0) is 30.2 Å². The van der Waals surface area contributed by atoms with Crippen LogP contribution in [0.2, 0.25) is 0 Å². The molecule has 0 aliphatic carbocycles. The van der Waals surface area contributed by atoms with E-state index in [0.717, 1.165) is 24.3 Å². The SMILES string of the molecule is O=C(/C=C/c1ccc2c(c1)OCO2)N1CCC(n2nccn2)C1. The minimum Gasteiger partial charge on any atom is -0.454 e. The van der Waals surface area contributed by atoms with Gasteiger partial charge in [-0.25, -0.2) is 0 Å². The molecular weight excluding hydrogens is 296 g/mol. The number of nitrogens with zero attached hydrogens (tertiary/aromatic N) is 4. The molecule has 1 fully saturated rings. The highest BCUT2D eigenvalue weighted by molar-refractivity contribution is 5.92. The van der Waals surface area contributed by atoms with E-state index in [1.165, 1.54) is 0 Å². The van der Waals surface area contributed by atoms with Crippen LogP contribution in [0.4, 0.5) is 0 Å². The van der Waals surface area contributed by atoms with E-state index in [9.17, 15) is 4.79 Å². The Morgan fingerprint density at radius 2 is 2.04 bits per heavy atom. The van der Waals surface area contributed by atoms with Crippen LogP contribution in [0.1, 0.15) is 18.0 Å². The maximum Gasteiger partial charge on any atom is 0.246 e. The molecule has 7 nitrogen and oxygen atoms in total. The largest absolute Gasteiger partial charge is 0.454 e. The molecule has 1 amide bonds. The maximum absolute atomic E-state index is 12.3. The predicted molar refractivity (Wildman–Crippen MR) is 81.9 cm³/mol. The van der Waals surface area contributed by atoms with Gasteiger partial charge in [0.1, 0.15) is 0 Å². The highest BCUT2D eigenvalue weighted by atomic mass is 16.7. The second-order valence-electron chi connectivity index (χ2n) is 5.52. The summed E-state index contributed by atoms with van der Waals surface area (Å²) in [6, 6.07) is 5.78. The van der Waals surface area contributed by atoms with Crippen LogP contribution in [0.25, 0.3) is 6.08 Å². The fraction of sp³-hybridized carbons (Fsp3) is 0.312. The molecule has 3 heterocycles. The summed E-state index contributed by atoms with van der Waals surface area (Å²) in [5.41, 5.74) is 0.909. The summed E-state index contributed by atoms with van der Waals surface area (Å²) < 4.78 is 10.6. The lowest BCUT2D eigenvalue weighted by molar-refractivity contribution is -0.125. The predicted octanol–water partition coefficient (Wildman–Crippen LogP) is 1.49. The third kappa shape index (κ3) is 2.77. The minimum atomic E-state index is -0.00248. The maximum atomic E-state index is 12.3. The lowest BCUT2D eigenvalue weighted by Gasteiger charge is -2.13. The standard InChI is InChI=1S/C16H16N4O3/c21-16(19-8-5-13(10-19)20-17-6-7-18-20)4-2-12-1-3-14-15(9-12)23-11-22-14/h1-4,6-7,9,13H,5,8,10-11H2/b4-2+. The molecule has 0 spiro atoms. The molecule has 0 bridgehead atoms. The number of carbonyl (C=O) groups is 1. The lowest BCUT2D eigenvalue weighted by atomic mass is 10.2. The van der Waals surface area contributed by atoms with Crippen molar-refractivity contribution in [2.45, 2.75) is 12.5 Å². The van der Waals surface area contributed by atoms with E-state index < -0.39 is 0 Å². The summed E-state index contributed by atoms with van der Waals surface area (Å²) in [4.78, 5) is 15.8. The monoisotopic (exact) mass is 312 g/mol. The van der Waals surface area contributed by atoms with Crippen molar-refractivity contribution >= 4 is 12.0 Å².